The molecule has 0 saturated heterocycles. The number of nitrogens with zero attached hydrogens (tertiary/aromatic N) is 2. The summed E-state index contributed by atoms with van der Waals surface area (Å²) >= 11 is 0. The van der Waals surface area contributed by atoms with Crippen molar-refractivity contribution in [2.75, 3.05) is 7.11 Å². The fourth-order valence-corrected chi connectivity index (χ4v) is 1.40. The number of methoxy groups -OCH3 is 1. The van der Waals surface area contributed by atoms with Gasteiger partial charge in [-0.1, -0.05) is 0 Å². The molecule has 0 aromatic heterocycles. The second kappa shape index (κ2) is 4.25. The lowest BCUT2D eigenvalue weighted by Crippen LogP contribution is -2.28. The van der Waals surface area contributed by atoms with Crippen LogP contribution in [0, 0.1) is 5.82 Å². The van der Waals surface area contributed by atoms with Gasteiger partial charge in [0.2, 0.25) is 5.69 Å². The molecule has 2 amide bonds. The van der Waals surface area contributed by atoms with Crippen LogP contribution >= 0.6 is 0 Å². The first-order valence-electron chi connectivity index (χ1n) is 4.72. The van der Waals surface area contributed by atoms with Crippen LogP contribution in [0.3, 0.4) is 0 Å². The second-order valence-electron chi connectivity index (χ2n) is 3.23. The number of benzene rings is 1. The van der Waals surface area contributed by atoms with Gasteiger partial charge in [-0.25, -0.2) is 14.2 Å². The van der Waals surface area contributed by atoms with Gasteiger partial charge in [0, 0.05) is 6.07 Å². The summed E-state index contributed by atoms with van der Waals surface area (Å²) in [7, 11) is 1.34. The highest BCUT2D eigenvalue weighted by molar-refractivity contribution is 6.39. The number of halogens is 1. The first-order valence-corrected chi connectivity index (χ1v) is 4.72. The molecular weight excluding hydrogens is 227 g/mol. The van der Waals surface area contributed by atoms with Crippen molar-refractivity contribution in [3.05, 3.63) is 24.0 Å². The molecule has 1 heterocycles. The SMILES string of the molecule is COc1ccc([N+]2=CC=NC(=O)C2=O)cc1F. The molecule has 86 valence electrons. The fourth-order valence-electron chi connectivity index (χ4n) is 1.40. The third-order valence-electron chi connectivity index (χ3n) is 2.22. The Morgan fingerprint density at radius 3 is 2.76 bits per heavy atom. The van der Waals surface area contributed by atoms with Gasteiger partial charge in [-0.05, 0) is 6.07 Å². The second-order valence-corrected chi connectivity index (χ2v) is 3.23. The van der Waals surface area contributed by atoms with Crippen molar-refractivity contribution in [1.29, 1.82) is 0 Å². The summed E-state index contributed by atoms with van der Waals surface area (Å²) in [6.45, 7) is 0. The average Bonchev–Trinajstić information content (AvgIpc) is 2.32. The Kier molecular flexibility index (Phi) is 2.78. The number of hydrogen-bond donors (Lipinski definition) is 0. The highest BCUT2D eigenvalue weighted by atomic mass is 19.1. The van der Waals surface area contributed by atoms with Gasteiger partial charge in [0.25, 0.3) is 0 Å². The third-order valence-corrected chi connectivity index (χ3v) is 2.22. The van der Waals surface area contributed by atoms with Crippen molar-refractivity contribution in [1.82, 2.24) is 0 Å². The van der Waals surface area contributed by atoms with E-state index in [9.17, 15) is 14.0 Å². The van der Waals surface area contributed by atoms with Gasteiger partial charge >= 0.3 is 11.8 Å². The lowest BCUT2D eigenvalue weighted by atomic mass is 10.2. The number of rotatable bonds is 2. The van der Waals surface area contributed by atoms with Crippen LogP contribution in [0.5, 0.6) is 5.75 Å². The Labute approximate surface area is 95.9 Å². The van der Waals surface area contributed by atoms with E-state index >= 15 is 0 Å². The molecule has 0 unspecified atom stereocenters. The third kappa shape index (κ3) is 1.96. The lowest BCUT2D eigenvalue weighted by molar-refractivity contribution is -0.356. The molecule has 2 rings (SSSR count). The minimum atomic E-state index is -0.885. The summed E-state index contributed by atoms with van der Waals surface area (Å²) in [6.07, 6.45) is 2.48. The number of amides is 2. The van der Waals surface area contributed by atoms with Crippen LogP contribution < -0.4 is 4.74 Å². The van der Waals surface area contributed by atoms with Crippen LogP contribution in [0.1, 0.15) is 0 Å². The zero-order valence-corrected chi connectivity index (χ0v) is 8.88. The maximum absolute atomic E-state index is 13.4. The van der Waals surface area contributed by atoms with Gasteiger partial charge in [0.1, 0.15) is 0 Å². The van der Waals surface area contributed by atoms with Crippen molar-refractivity contribution in [3.63, 3.8) is 0 Å². The maximum Gasteiger partial charge on any atom is 0.485 e. The van der Waals surface area contributed by atoms with E-state index in [1.54, 1.807) is 0 Å². The largest absolute Gasteiger partial charge is 0.494 e. The zero-order chi connectivity index (χ0) is 12.4. The van der Waals surface area contributed by atoms with Crippen molar-refractivity contribution in [2.24, 2.45) is 4.99 Å². The van der Waals surface area contributed by atoms with E-state index in [2.05, 4.69) is 4.99 Å². The Balaban J connectivity index is 2.45. The summed E-state index contributed by atoms with van der Waals surface area (Å²) in [5, 5.41) is 0. The Bertz CT molecular complexity index is 564. The topological polar surface area (TPSA) is 58.7 Å². The van der Waals surface area contributed by atoms with E-state index in [0.717, 1.165) is 10.6 Å². The fraction of sp³-hybridized carbons (Fsp3) is 0.0909. The highest BCUT2D eigenvalue weighted by Gasteiger charge is 2.31. The van der Waals surface area contributed by atoms with Gasteiger partial charge in [-0.2, -0.15) is 0 Å². The molecule has 0 radical (unpaired) electrons. The Morgan fingerprint density at radius 2 is 2.12 bits per heavy atom. The van der Waals surface area contributed by atoms with Gasteiger partial charge in [0.05, 0.1) is 19.4 Å². The van der Waals surface area contributed by atoms with E-state index in [-0.39, 0.29) is 11.4 Å². The molecule has 0 saturated carbocycles. The average molecular weight is 235 g/mol. The molecule has 0 N–H and O–H groups in total. The Morgan fingerprint density at radius 1 is 1.35 bits per heavy atom. The number of carbonyl (C=O) groups excluding carboxylic acids is 2. The molecular formula is C11H8FN2O3+. The summed E-state index contributed by atoms with van der Waals surface area (Å²) in [5.74, 6) is -2.25. The van der Waals surface area contributed by atoms with Gasteiger partial charge < -0.3 is 4.74 Å². The number of ether oxygens (including phenoxy) is 1. The van der Waals surface area contributed by atoms with Crippen molar-refractivity contribution >= 4 is 29.9 Å². The van der Waals surface area contributed by atoms with Crippen molar-refractivity contribution in [2.45, 2.75) is 0 Å². The number of carbonyl (C=O) groups is 2. The lowest BCUT2D eigenvalue weighted by Gasteiger charge is -2.03. The smallest absolute Gasteiger partial charge is 0.485 e. The van der Waals surface area contributed by atoms with Crippen LogP contribution in [0.4, 0.5) is 10.1 Å². The molecule has 1 aromatic carbocycles. The van der Waals surface area contributed by atoms with Crippen LogP contribution in [-0.4, -0.2) is 35.9 Å². The van der Waals surface area contributed by atoms with Crippen LogP contribution in [0.25, 0.3) is 0 Å². The molecule has 0 spiro atoms. The molecule has 0 bridgehead atoms. The zero-order valence-electron chi connectivity index (χ0n) is 8.88. The molecule has 1 aliphatic rings. The molecule has 6 heteroatoms. The molecule has 1 aliphatic heterocycles. The van der Waals surface area contributed by atoms with Crippen molar-refractivity contribution < 1.29 is 23.3 Å². The molecule has 1 aromatic rings. The summed E-state index contributed by atoms with van der Waals surface area (Å²) in [5.41, 5.74) is 0.243. The number of aliphatic imine (C=N–C) groups is 1. The van der Waals surface area contributed by atoms with Crippen LogP contribution in [0.2, 0.25) is 0 Å². The maximum atomic E-state index is 13.4. The molecule has 0 aliphatic carbocycles. The summed E-state index contributed by atoms with van der Waals surface area (Å²) < 4.78 is 19.2. The van der Waals surface area contributed by atoms with Gasteiger partial charge in [0.15, 0.2) is 17.8 Å². The van der Waals surface area contributed by atoms with E-state index in [1.807, 2.05) is 0 Å². The minimum absolute atomic E-state index is 0.0678. The first kappa shape index (κ1) is 11.1. The molecule has 17 heavy (non-hydrogen) atoms. The normalized spacial score (nSPS) is 14.8. The molecule has 5 nitrogen and oxygen atoms in total. The predicted molar refractivity (Wildman–Crippen MR) is 57.4 cm³/mol. The van der Waals surface area contributed by atoms with Gasteiger partial charge in [-0.3, -0.25) is 4.79 Å². The predicted octanol–water partition coefficient (Wildman–Crippen LogP) is 0.687. The summed E-state index contributed by atoms with van der Waals surface area (Å²) in [4.78, 5) is 25.8. The quantitative estimate of drug-likeness (QED) is 0.559. The van der Waals surface area contributed by atoms with E-state index in [1.165, 1.54) is 31.7 Å². The standard InChI is InChI=1S/C11H8FN2O3/c1-17-9-3-2-7(6-8(9)12)14-5-4-13-10(15)11(14)16/h2-6H,1H3/q+1. The molecule has 0 atom stereocenters. The van der Waals surface area contributed by atoms with Crippen LogP contribution in [0.15, 0.2) is 23.2 Å². The van der Waals surface area contributed by atoms with E-state index in [4.69, 9.17) is 4.74 Å². The van der Waals surface area contributed by atoms with Gasteiger partial charge in [-0.15, -0.1) is 4.58 Å². The molecule has 0 fully saturated rings. The monoisotopic (exact) mass is 235 g/mol. The van der Waals surface area contributed by atoms with E-state index < -0.39 is 17.6 Å². The highest BCUT2D eigenvalue weighted by Crippen LogP contribution is 2.22. The minimum Gasteiger partial charge on any atom is -0.494 e. The van der Waals surface area contributed by atoms with E-state index in [0.29, 0.717) is 0 Å². The Hall–Kier alpha value is -2.37. The van der Waals surface area contributed by atoms with Crippen molar-refractivity contribution in [3.8, 4) is 5.75 Å². The first-order chi connectivity index (χ1) is 8.13. The summed E-state index contributed by atoms with van der Waals surface area (Å²) in [6, 6.07) is 3.96. The van der Waals surface area contributed by atoms with Crippen LogP contribution in [-0.2, 0) is 9.59 Å². The number of hydrogen-bond acceptors (Lipinski definition) is 3.